The lowest BCUT2D eigenvalue weighted by molar-refractivity contribution is 0.168. The lowest BCUT2D eigenvalue weighted by Gasteiger charge is -2.03. The Hall–Kier alpha value is -1.81. The van der Waals surface area contributed by atoms with E-state index in [2.05, 4.69) is 4.98 Å². The van der Waals surface area contributed by atoms with E-state index in [0.29, 0.717) is 11.6 Å². The van der Waals surface area contributed by atoms with Crippen LogP contribution in [0.15, 0.2) is 59.8 Å². The highest BCUT2D eigenvalue weighted by molar-refractivity contribution is 8.13. The Balaban J connectivity index is 1.83. The molecular weight excluding hydrogens is 234 g/mol. The summed E-state index contributed by atoms with van der Waals surface area (Å²) >= 11 is 0.991. The molecule has 86 valence electrons. The van der Waals surface area contributed by atoms with Crippen LogP contribution in [-0.2, 0) is 11.3 Å². The Labute approximate surface area is 104 Å². The molecule has 0 bridgehead atoms. The number of pyridine rings is 1. The van der Waals surface area contributed by atoms with Gasteiger partial charge >= 0.3 is 5.30 Å². The van der Waals surface area contributed by atoms with E-state index in [1.54, 1.807) is 18.3 Å². The molecule has 4 heteroatoms. The van der Waals surface area contributed by atoms with Crippen molar-refractivity contribution in [2.45, 2.75) is 11.6 Å². The van der Waals surface area contributed by atoms with E-state index < -0.39 is 0 Å². The van der Waals surface area contributed by atoms with Crippen molar-refractivity contribution in [2.24, 2.45) is 0 Å². The summed E-state index contributed by atoms with van der Waals surface area (Å²) in [5.41, 5.74) is 0.975. The van der Waals surface area contributed by atoms with Gasteiger partial charge in [-0.3, -0.25) is 0 Å². The Morgan fingerprint density at radius 3 is 2.59 bits per heavy atom. The predicted molar refractivity (Wildman–Crippen MR) is 66.7 cm³/mol. The van der Waals surface area contributed by atoms with E-state index in [-0.39, 0.29) is 5.30 Å². The summed E-state index contributed by atoms with van der Waals surface area (Å²) in [5, 5.41) is 0.304. The molecule has 0 aliphatic carbocycles. The molecule has 1 aromatic heterocycles. The van der Waals surface area contributed by atoms with Crippen molar-refractivity contribution in [1.29, 1.82) is 0 Å². The zero-order chi connectivity index (χ0) is 11.9. The first kappa shape index (κ1) is 11.7. The minimum atomic E-state index is -0.340. The number of thioether (sulfide) groups is 1. The second-order valence-corrected chi connectivity index (χ2v) is 4.25. The second-order valence-electron chi connectivity index (χ2n) is 3.29. The highest BCUT2D eigenvalue weighted by Crippen LogP contribution is 2.17. The van der Waals surface area contributed by atoms with Crippen LogP contribution in [0, 0.1) is 0 Å². The summed E-state index contributed by atoms with van der Waals surface area (Å²) < 4.78 is 5.12. The lowest BCUT2D eigenvalue weighted by Crippen LogP contribution is -1.98. The number of carbonyl (C=O) groups is 1. The van der Waals surface area contributed by atoms with Crippen LogP contribution in [0.4, 0.5) is 4.79 Å². The largest absolute Gasteiger partial charge is 0.452 e. The van der Waals surface area contributed by atoms with Gasteiger partial charge in [0.2, 0.25) is 0 Å². The minimum absolute atomic E-state index is 0.291. The number of hydrogen-bond donors (Lipinski definition) is 0. The summed E-state index contributed by atoms with van der Waals surface area (Å²) in [5.74, 6) is 0. The SMILES string of the molecule is O=C(OCc1ccccc1)Sc1ccccn1. The van der Waals surface area contributed by atoms with Gasteiger partial charge in [0.05, 0.1) is 0 Å². The number of ether oxygens (including phenoxy) is 1. The maximum atomic E-state index is 11.5. The van der Waals surface area contributed by atoms with Gasteiger partial charge in [0.15, 0.2) is 0 Å². The lowest BCUT2D eigenvalue weighted by atomic mass is 10.2. The van der Waals surface area contributed by atoms with E-state index >= 15 is 0 Å². The van der Waals surface area contributed by atoms with Crippen LogP contribution in [0.2, 0.25) is 0 Å². The average Bonchev–Trinajstić information content (AvgIpc) is 2.39. The summed E-state index contributed by atoms with van der Waals surface area (Å²) in [6.45, 7) is 0.291. The predicted octanol–water partition coefficient (Wildman–Crippen LogP) is 3.51. The molecule has 0 atom stereocenters. The first-order chi connectivity index (χ1) is 8.34. The molecule has 0 N–H and O–H groups in total. The zero-order valence-electron chi connectivity index (χ0n) is 9.08. The number of benzene rings is 1. The Kier molecular flexibility index (Phi) is 4.16. The molecule has 0 aliphatic heterocycles. The van der Waals surface area contributed by atoms with Crippen LogP contribution < -0.4 is 0 Å². The van der Waals surface area contributed by atoms with Gasteiger partial charge in [0.25, 0.3) is 0 Å². The molecule has 0 saturated heterocycles. The first-order valence-electron chi connectivity index (χ1n) is 5.14. The normalized spacial score (nSPS) is 9.88. The van der Waals surface area contributed by atoms with Crippen molar-refractivity contribution >= 4 is 17.1 Å². The monoisotopic (exact) mass is 245 g/mol. The molecule has 2 aromatic rings. The molecule has 2 rings (SSSR count). The molecule has 17 heavy (non-hydrogen) atoms. The molecule has 0 fully saturated rings. The van der Waals surface area contributed by atoms with Crippen LogP contribution in [0.25, 0.3) is 0 Å². The van der Waals surface area contributed by atoms with Crippen LogP contribution in [0.5, 0.6) is 0 Å². The summed E-state index contributed by atoms with van der Waals surface area (Å²) in [4.78, 5) is 15.5. The van der Waals surface area contributed by atoms with E-state index in [0.717, 1.165) is 17.3 Å². The molecule has 3 nitrogen and oxygen atoms in total. The first-order valence-corrected chi connectivity index (χ1v) is 5.96. The smallest absolute Gasteiger partial charge is 0.373 e. The minimum Gasteiger partial charge on any atom is -0.452 e. The molecule has 1 heterocycles. The second kappa shape index (κ2) is 6.06. The third-order valence-corrected chi connectivity index (χ3v) is 2.76. The number of rotatable bonds is 3. The molecule has 1 aromatic carbocycles. The maximum Gasteiger partial charge on any atom is 0.373 e. The van der Waals surface area contributed by atoms with Crippen LogP contribution in [0.3, 0.4) is 0 Å². The van der Waals surface area contributed by atoms with Crippen molar-refractivity contribution in [1.82, 2.24) is 4.98 Å². The van der Waals surface area contributed by atoms with Gasteiger partial charge in [-0.1, -0.05) is 36.4 Å². The fourth-order valence-corrected chi connectivity index (χ4v) is 1.79. The van der Waals surface area contributed by atoms with E-state index in [1.807, 2.05) is 36.4 Å². The van der Waals surface area contributed by atoms with Gasteiger partial charge in [0, 0.05) is 18.0 Å². The molecular formula is C13H11NO2S. The fourth-order valence-electron chi connectivity index (χ4n) is 1.24. The maximum absolute atomic E-state index is 11.5. The number of hydrogen-bond acceptors (Lipinski definition) is 4. The molecule has 0 aliphatic rings. The molecule has 0 unspecified atom stereocenters. The number of aromatic nitrogens is 1. The molecule has 0 radical (unpaired) electrons. The number of nitrogens with zero attached hydrogens (tertiary/aromatic N) is 1. The van der Waals surface area contributed by atoms with E-state index in [4.69, 9.17) is 4.74 Å². The average molecular weight is 245 g/mol. The van der Waals surface area contributed by atoms with Gasteiger partial charge in [-0.05, 0) is 17.7 Å². The summed E-state index contributed by atoms with van der Waals surface area (Å²) in [6.07, 6.45) is 1.65. The number of carbonyl (C=O) groups excluding carboxylic acids is 1. The third-order valence-electron chi connectivity index (χ3n) is 2.03. The van der Waals surface area contributed by atoms with Gasteiger partial charge < -0.3 is 4.74 Å². The van der Waals surface area contributed by atoms with Crippen molar-refractivity contribution in [2.75, 3.05) is 0 Å². The van der Waals surface area contributed by atoms with Gasteiger partial charge in [-0.15, -0.1) is 0 Å². The highest BCUT2D eigenvalue weighted by Gasteiger charge is 2.06. The van der Waals surface area contributed by atoms with Crippen LogP contribution in [-0.4, -0.2) is 10.3 Å². The summed E-state index contributed by atoms with van der Waals surface area (Å²) in [7, 11) is 0. The van der Waals surface area contributed by atoms with Crippen molar-refractivity contribution in [3.63, 3.8) is 0 Å². The third kappa shape index (κ3) is 3.92. The quantitative estimate of drug-likeness (QED) is 0.612. The standard InChI is InChI=1S/C13H11NO2S/c15-13(17-12-8-4-5-9-14-12)16-10-11-6-2-1-3-7-11/h1-9H,10H2. The Morgan fingerprint density at radius 1 is 1.12 bits per heavy atom. The van der Waals surface area contributed by atoms with Crippen molar-refractivity contribution < 1.29 is 9.53 Å². The van der Waals surface area contributed by atoms with Gasteiger partial charge in [0.1, 0.15) is 11.6 Å². The van der Waals surface area contributed by atoms with Crippen LogP contribution >= 0.6 is 11.8 Å². The fraction of sp³-hybridized carbons (Fsp3) is 0.0769. The van der Waals surface area contributed by atoms with Gasteiger partial charge in [-0.2, -0.15) is 0 Å². The molecule has 0 saturated carbocycles. The topological polar surface area (TPSA) is 39.2 Å². The van der Waals surface area contributed by atoms with Crippen LogP contribution in [0.1, 0.15) is 5.56 Å². The zero-order valence-corrected chi connectivity index (χ0v) is 9.89. The van der Waals surface area contributed by atoms with E-state index in [1.165, 1.54) is 0 Å². The van der Waals surface area contributed by atoms with Gasteiger partial charge in [-0.25, -0.2) is 9.78 Å². The molecule has 0 spiro atoms. The highest BCUT2D eigenvalue weighted by atomic mass is 32.2. The Morgan fingerprint density at radius 2 is 1.88 bits per heavy atom. The Bertz CT molecular complexity index is 473. The van der Waals surface area contributed by atoms with Crippen molar-refractivity contribution in [3.05, 3.63) is 60.3 Å². The van der Waals surface area contributed by atoms with Crippen molar-refractivity contribution in [3.8, 4) is 0 Å². The molecule has 0 amide bonds. The van der Waals surface area contributed by atoms with E-state index in [9.17, 15) is 4.79 Å². The summed E-state index contributed by atoms with van der Waals surface area (Å²) in [6, 6.07) is 15.0.